The van der Waals surface area contributed by atoms with Gasteiger partial charge in [-0.05, 0) is 23.6 Å². The topological polar surface area (TPSA) is 45.7 Å². The monoisotopic (exact) mass is 289 g/mol. The number of hydrogen-bond acceptors (Lipinski definition) is 3. The smallest absolute Gasteiger partial charge is 0.0606 e. The van der Waals surface area contributed by atoms with Crippen LogP contribution >= 0.6 is 5.47 Å². The van der Waals surface area contributed by atoms with Crippen molar-refractivity contribution in [2.75, 3.05) is 0 Å². The second-order valence-corrected chi connectivity index (χ2v) is 9.70. The number of hydrogen-bond donors (Lipinski definition) is 1. The largest absolute Gasteiger partial charge is 0.715 e. The molecule has 0 saturated heterocycles. The molecule has 2 nitrogen and oxygen atoms in total. The van der Waals surface area contributed by atoms with E-state index in [9.17, 15) is 0 Å². The second-order valence-electron chi connectivity index (χ2n) is 4.20. The molecular formula is C12H20NOPS2. The van der Waals surface area contributed by atoms with Crippen molar-refractivity contribution < 1.29 is 4.52 Å². The van der Waals surface area contributed by atoms with Gasteiger partial charge in [0, 0.05) is 0 Å². The summed E-state index contributed by atoms with van der Waals surface area (Å²) in [6, 6.07) is 9.93. The molecule has 0 heterocycles. The minimum Gasteiger partial charge on any atom is -0.715 e. The lowest BCUT2D eigenvalue weighted by Crippen LogP contribution is -2.18. The van der Waals surface area contributed by atoms with Crippen molar-refractivity contribution >= 4 is 34.8 Å². The molecule has 1 aliphatic rings. The van der Waals surface area contributed by atoms with E-state index in [1.165, 1.54) is 19.3 Å². The minimum atomic E-state index is -2.20. The van der Waals surface area contributed by atoms with Gasteiger partial charge < -0.3 is 22.9 Å². The van der Waals surface area contributed by atoms with Gasteiger partial charge in [0.05, 0.1) is 6.10 Å². The summed E-state index contributed by atoms with van der Waals surface area (Å²) in [5.74, 6) is 0. The molecule has 0 radical (unpaired) electrons. The van der Waals surface area contributed by atoms with Gasteiger partial charge in [-0.2, -0.15) is 0 Å². The van der Waals surface area contributed by atoms with E-state index < -0.39 is 5.47 Å². The zero-order chi connectivity index (χ0) is 11.4. The van der Waals surface area contributed by atoms with Crippen molar-refractivity contribution in [2.45, 2.75) is 38.2 Å². The molecule has 5 heteroatoms. The Morgan fingerprint density at radius 2 is 1.71 bits per heavy atom. The number of quaternary nitrogens is 1. The van der Waals surface area contributed by atoms with Crippen molar-refractivity contribution in [1.82, 2.24) is 6.15 Å². The van der Waals surface area contributed by atoms with Crippen molar-refractivity contribution in [1.29, 1.82) is 0 Å². The van der Waals surface area contributed by atoms with Crippen LogP contribution in [0, 0.1) is 0 Å². The van der Waals surface area contributed by atoms with Crippen LogP contribution in [0.4, 0.5) is 0 Å². The normalized spacial score (nSPS) is 20.3. The van der Waals surface area contributed by atoms with E-state index >= 15 is 0 Å². The highest BCUT2D eigenvalue weighted by Crippen LogP contribution is 2.46. The van der Waals surface area contributed by atoms with Crippen LogP contribution in [0.5, 0.6) is 0 Å². The standard InChI is InChI=1S/C12H17OPS2.H3N/c15-14(16,12-9-5-2-6-10-12)13-11-7-3-1-4-8-11;/h2,5-6,9-11H,1,3-4,7-8H2,(H,15,16);1H3. The molecule has 0 aromatic heterocycles. The van der Waals surface area contributed by atoms with Crippen LogP contribution in [0.1, 0.15) is 32.1 Å². The Morgan fingerprint density at radius 3 is 2.29 bits per heavy atom. The Bertz CT molecular complexity index is 379. The van der Waals surface area contributed by atoms with Crippen LogP contribution in [-0.2, 0) is 28.6 Å². The molecule has 0 bridgehead atoms. The summed E-state index contributed by atoms with van der Waals surface area (Å²) in [5.41, 5.74) is -2.20. The number of benzene rings is 1. The van der Waals surface area contributed by atoms with Gasteiger partial charge in [-0.1, -0.05) is 61.4 Å². The van der Waals surface area contributed by atoms with Crippen molar-refractivity contribution in [3.8, 4) is 0 Å². The predicted molar refractivity (Wildman–Crippen MR) is 81.7 cm³/mol. The highest BCUT2D eigenvalue weighted by molar-refractivity contribution is 8.56. The van der Waals surface area contributed by atoms with E-state index in [0.717, 1.165) is 18.1 Å². The van der Waals surface area contributed by atoms with Gasteiger partial charge in [-0.15, -0.1) is 0 Å². The van der Waals surface area contributed by atoms with E-state index in [1.54, 1.807) is 0 Å². The fourth-order valence-electron chi connectivity index (χ4n) is 2.04. The van der Waals surface area contributed by atoms with Gasteiger partial charge in [-0.25, -0.2) is 0 Å². The fraction of sp³-hybridized carbons (Fsp3) is 0.500. The van der Waals surface area contributed by atoms with E-state index in [2.05, 4.69) is 0 Å². The molecule has 0 spiro atoms. The molecular weight excluding hydrogens is 269 g/mol. The van der Waals surface area contributed by atoms with Crippen LogP contribution in [0.25, 0.3) is 0 Å². The Balaban J connectivity index is 0.00000144. The summed E-state index contributed by atoms with van der Waals surface area (Å²) >= 11 is 11.0. The summed E-state index contributed by atoms with van der Waals surface area (Å²) in [5, 5.41) is 1.02. The molecule has 4 N–H and O–H groups in total. The Kier molecular flexibility index (Phi) is 6.18. The highest BCUT2D eigenvalue weighted by atomic mass is 32.9. The Hall–Kier alpha value is 0.140. The van der Waals surface area contributed by atoms with Gasteiger partial charge in [0.2, 0.25) is 0 Å². The Morgan fingerprint density at radius 1 is 1.12 bits per heavy atom. The third kappa shape index (κ3) is 4.38. The summed E-state index contributed by atoms with van der Waals surface area (Å²) in [7, 11) is 0. The van der Waals surface area contributed by atoms with Gasteiger partial charge in [0.25, 0.3) is 0 Å². The van der Waals surface area contributed by atoms with Gasteiger partial charge in [-0.3, -0.25) is 0 Å². The molecule has 17 heavy (non-hydrogen) atoms. The van der Waals surface area contributed by atoms with Crippen LogP contribution in [0.15, 0.2) is 30.3 Å². The van der Waals surface area contributed by atoms with E-state index in [4.69, 9.17) is 28.6 Å². The molecule has 1 aliphatic carbocycles. The maximum atomic E-state index is 6.01. The fourth-order valence-corrected chi connectivity index (χ4v) is 4.76. The first-order valence-electron chi connectivity index (χ1n) is 5.73. The lowest BCUT2D eigenvalue weighted by molar-refractivity contribution is 0.178. The average molecular weight is 289 g/mol. The van der Waals surface area contributed by atoms with E-state index in [-0.39, 0.29) is 6.15 Å². The summed E-state index contributed by atoms with van der Waals surface area (Å²) < 4.78 is 6.01. The third-order valence-electron chi connectivity index (χ3n) is 2.91. The maximum Gasteiger partial charge on any atom is 0.0606 e. The second kappa shape index (κ2) is 6.91. The molecule has 1 aromatic rings. The lowest BCUT2D eigenvalue weighted by Gasteiger charge is -2.35. The quantitative estimate of drug-likeness (QED) is 0.678. The molecule has 96 valence electrons. The summed E-state index contributed by atoms with van der Waals surface area (Å²) in [6.45, 7) is 0. The van der Waals surface area contributed by atoms with Crippen LogP contribution < -0.4 is 11.5 Å². The lowest BCUT2D eigenvalue weighted by atomic mass is 9.98. The molecule has 1 unspecified atom stereocenters. The van der Waals surface area contributed by atoms with Crippen LogP contribution in [0.2, 0.25) is 0 Å². The van der Waals surface area contributed by atoms with Gasteiger partial charge >= 0.3 is 0 Å². The zero-order valence-corrected chi connectivity index (χ0v) is 12.7. The minimum absolute atomic E-state index is 0. The summed E-state index contributed by atoms with van der Waals surface area (Å²) in [6.07, 6.45) is 6.39. The molecule has 1 atom stereocenters. The van der Waals surface area contributed by atoms with Crippen LogP contribution in [-0.4, -0.2) is 6.10 Å². The van der Waals surface area contributed by atoms with Crippen molar-refractivity contribution in [3.05, 3.63) is 30.3 Å². The first kappa shape index (κ1) is 15.2. The van der Waals surface area contributed by atoms with Crippen molar-refractivity contribution in [3.63, 3.8) is 0 Å². The maximum absolute atomic E-state index is 6.01. The first-order chi connectivity index (χ1) is 7.68. The van der Waals surface area contributed by atoms with E-state index in [0.29, 0.717) is 6.10 Å². The first-order valence-corrected chi connectivity index (χ1v) is 9.47. The van der Waals surface area contributed by atoms with Gasteiger partial charge in [0.15, 0.2) is 0 Å². The summed E-state index contributed by atoms with van der Waals surface area (Å²) in [4.78, 5) is 0. The molecule has 1 aromatic carbocycles. The van der Waals surface area contributed by atoms with Gasteiger partial charge in [0.1, 0.15) is 0 Å². The molecule has 2 rings (SSSR count). The van der Waals surface area contributed by atoms with E-state index in [1.807, 2.05) is 30.3 Å². The molecule has 0 amide bonds. The third-order valence-corrected chi connectivity index (χ3v) is 6.20. The molecule has 1 saturated carbocycles. The highest BCUT2D eigenvalue weighted by Gasteiger charge is 2.17. The molecule has 1 fully saturated rings. The Labute approximate surface area is 114 Å². The predicted octanol–water partition coefficient (Wildman–Crippen LogP) is 3.89. The van der Waals surface area contributed by atoms with Crippen molar-refractivity contribution in [2.24, 2.45) is 0 Å². The number of rotatable bonds is 3. The molecule has 0 aliphatic heterocycles. The SMILES string of the molecule is S=P([S-])(OC1CCCCC1)c1ccccc1.[NH4+]. The zero-order valence-electron chi connectivity index (χ0n) is 10.2. The van der Waals surface area contributed by atoms with Crippen LogP contribution in [0.3, 0.4) is 0 Å². The average Bonchev–Trinajstić information content (AvgIpc) is 2.31.